The highest BCUT2D eigenvalue weighted by atomic mass is 16.3. The molecule has 2 heteroatoms. The number of hydrogen-bond donors (Lipinski definition) is 2. The van der Waals surface area contributed by atoms with Crippen molar-refractivity contribution in [3.8, 4) is 0 Å². The quantitative estimate of drug-likeness (QED) is 0.680. The topological polar surface area (TPSA) is 32.3 Å². The molecule has 13 heavy (non-hydrogen) atoms. The smallest absolute Gasteiger partial charge is 0.0590 e. The minimum atomic E-state index is 0.330. The third kappa shape index (κ3) is 1.50. The van der Waals surface area contributed by atoms with Gasteiger partial charge < -0.3 is 10.4 Å². The van der Waals surface area contributed by atoms with Crippen molar-refractivity contribution in [1.29, 1.82) is 0 Å². The van der Waals surface area contributed by atoms with Gasteiger partial charge in [-0.15, -0.1) is 0 Å². The summed E-state index contributed by atoms with van der Waals surface area (Å²) in [5.74, 6) is 0.925. The average Bonchev–Trinajstić information content (AvgIpc) is 2.74. The molecule has 2 fully saturated rings. The predicted octanol–water partition coefficient (Wildman–Crippen LogP) is 1.54. The second-order valence-electron chi connectivity index (χ2n) is 4.82. The Morgan fingerprint density at radius 3 is 2.92 bits per heavy atom. The molecular formula is C11H21NO. The van der Waals surface area contributed by atoms with E-state index in [-0.39, 0.29) is 0 Å². The van der Waals surface area contributed by atoms with Gasteiger partial charge in [-0.05, 0) is 43.6 Å². The minimum Gasteiger partial charge on any atom is -0.395 e. The standard InChI is InChI=1S/C11H21NO/c1-2-9-3-4-11(7-9)5-6-12-10(11)8-13/h9-10,12-13H,2-8H2,1H3. The normalized spacial score (nSPS) is 44.8. The highest BCUT2D eigenvalue weighted by molar-refractivity contribution is 5.01. The van der Waals surface area contributed by atoms with Crippen molar-refractivity contribution in [2.24, 2.45) is 11.3 Å². The largest absolute Gasteiger partial charge is 0.395 e. The number of aliphatic hydroxyl groups excluding tert-OH is 1. The summed E-state index contributed by atoms with van der Waals surface area (Å²) in [6.07, 6.45) is 6.68. The molecule has 1 saturated carbocycles. The van der Waals surface area contributed by atoms with Crippen LogP contribution in [0.4, 0.5) is 0 Å². The highest BCUT2D eigenvalue weighted by Gasteiger charge is 2.46. The number of hydrogen-bond acceptors (Lipinski definition) is 2. The summed E-state index contributed by atoms with van der Waals surface area (Å²) in [6, 6.07) is 0.393. The lowest BCUT2D eigenvalue weighted by molar-refractivity contribution is 0.157. The first-order chi connectivity index (χ1) is 6.30. The Kier molecular flexibility index (Phi) is 2.61. The zero-order valence-corrected chi connectivity index (χ0v) is 8.55. The van der Waals surface area contributed by atoms with E-state index in [2.05, 4.69) is 12.2 Å². The predicted molar refractivity (Wildman–Crippen MR) is 53.6 cm³/mol. The lowest BCUT2D eigenvalue weighted by Gasteiger charge is -2.29. The van der Waals surface area contributed by atoms with Gasteiger partial charge >= 0.3 is 0 Å². The number of nitrogens with one attached hydrogen (secondary N) is 1. The zero-order valence-electron chi connectivity index (χ0n) is 8.55. The second kappa shape index (κ2) is 3.58. The van der Waals surface area contributed by atoms with E-state index in [0.717, 1.165) is 12.5 Å². The molecule has 0 radical (unpaired) electrons. The maximum atomic E-state index is 9.29. The van der Waals surface area contributed by atoms with Crippen LogP contribution < -0.4 is 5.32 Å². The molecule has 76 valence electrons. The van der Waals surface area contributed by atoms with Crippen LogP contribution in [0.5, 0.6) is 0 Å². The Labute approximate surface area is 80.7 Å². The van der Waals surface area contributed by atoms with Gasteiger partial charge in [0, 0.05) is 6.04 Å². The molecule has 2 N–H and O–H groups in total. The van der Waals surface area contributed by atoms with Crippen LogP contribution in [0.3, 0.4) is 0 Å². The SMILES string of the molecule is CCC1CCC2(CCNC2CO)C1. The summed E-state index contributed by atoms with van der Waals surface area (Å²) in [4.78, 5) is 0. The monoisotopic (exact) mass is 183 g/mol. The molecule has 2 nitrogen and oxygen atoms in total. The summed E-state index contributed by atoms with van der Waals surface area (Å²) in [7, 11) is 0. The molecule has 2 rings (SSSR count). The number of aliphatic hydroxyl groups is 1. The van der Waals surface area contributed by atoms with Crippen LogP contribution in [0, 0.1) is 11.3 Å². The van der Waals surface area contributed by atoms with E-state index < -0.39 is 0 Å². The summed E-state index contributed by atoms with van der Waals surface area (Å²) in [6.45, 7) is 3.73. The van der Waals surface area contributed by atoms with E-state index in [0.29, 0.717) is 18.1 Å². The molecule has 3 unspecified atom stereocenters. The molecule has 1 heterocycles. The second-order valence-corrected chi connectivity index (χ2v) is 4.82. The van der Waals surface area contributed by atoms with E-state index in [1.807, 2.05) is 0 Å². The summed E-state index contributed by atoms with van der Waals surface area (Å²) in [5, 5.41) is 12.7. The van der Waals surface area contributed by atoms with Gasteiger partial charge in [-0.3, -0.25) is 0 Å². The fraction of sp³-hybridized carbons (Fsp3) is 1.00. The van der Waals surface area contributed by atoms with Crippen LogP contribution in [-0.4, -0.2) is 24.3 Å². The third-order valence-electron chi connectivity index (χ3n) is 4.26. The molecule has 0 aromatic carbocycles. The maximum Gasteiger partial charge on any atom is 0.0590 e. The van der Waals surface area contributed by atoms with Crippen molar-refractivity contribution < 1.29 is 5.11 Å². The summed E-state index contributed by atoms with van der Waals surface area (Å²) in [5.41, 5.74) is 0.468. The third-order valence-corrected chi connectivity index (χ3v) is 4.26. The molecule has 1 saturated heterocycles. The van der Waals surface area contributed by atoms with Crippen LogP contribution in [0.15, 0.2) is 0 Å². The van der Waals surface area contributed by atoms with Crippen LogP contribution in [0.2, 0.25) is 0 Å². The molecule has 0 bridgehead atoms. The van der Waals surface area contributed by atoms with Crippen LogP contribution in [0.25, 0.3) is 0 Å². The first-order valence-electron chi connectivity index (χ1n) is 5.65. The lowest BCUT2D eigenvalue weighted by atomic mass is 9.78. The van der Waals surface area contributed by atoms with Gasteiger partial charge in [0.05, 0.1) is 6.61 Å². The first-order valence-corrected chi connectivity index (χ1v) is 5.65. The Morgan fingerprint density at radius 2 is 2.31 bits per heavy atom. The van der Waals surface area contributed by atoms with Crippen molar-refractivity contribution in [3.63, 3.8) is 0 Å². The first kappa shape index (κ1) is 9.47. The zero-order chi connectivity index (χ0) is 9.31. The van der Waals surface area contributed by atoms with E-state index in [1.54, 1.807) is 0 Å². The molecule has 1 aliphatic heterocycles. The molecular weight excluding hydrogens is 162 g/mol. The van der Waals surface area contributed by atoms with Crippen molar-refractivity contribution in [1.82, 2.24) is 5.32 Å². The van der Waals surface area contributed by atoms with Crippen LogP contribution in [-0.2, 0) is 0 Å². The Bertz CT molecular complexity index is 183. The maximum absolute atomic E-state index is 9.29. The molecule has 0 aromatic heterocycles. The average molecular weight is 183 g/mol. The van der Waals surface area contributed by atoms with Gasteiger partial charge in [-0.1, -0.05) is 13.3 Å². The Hall–Kier alpha value is -0.0800. The number of rotatable bonds is 2. The van der Waals surface area contributed by atoms with Gasteiger partial charge in [-0.25, -0.2) is 0 Å². The van der Waals surface area contributed by atoms with Crippen molar-refractivity contribution in [2.45, 2.75) is 45.1 Å². The molecule has 1 aliphatic carbocycles. The summed E-state index contributed by atoms with van der Waals surface area (Å²) < 4.78 is 0. The van der Waals surface area contributed by atoms with Crippen LogP contribution in [0.1, 0.15) is 39.0 Å². The van der Waals surface area contributed by atoms with Gasteiger partial charge in [0.25, 0.3) is 0 Å². The van der Waals surface area contributed by atoms with E-state index in [4.69, 9.17) is 0 Å². The minimum absolute atomic E-state index is 0.330. The van der Waals surface area contributed by atoms with E-state index in [1.165, 1.54) is 32.1 Å². The Balaban J connectivity index is 2.04. The fourth-order valence-electron chi connectivity index (χ4n) is 3.31. The van der Waals surface area contributed by atoms with E-state index >= 15 is 0 Å². The van der Waals surface area contributed by atoms with E-state index in [9.17, 15) is 5.11 Å². The van der Waals surface area contributed by atoms with Gasteiger partial charge in [0.2, 0.25) is 0 Å². The lowest BCUT2D eigenvalue weighted by Crippen LogP contribution is -2.38. The van der Waals surface area contributed by atoms with Gasteiger partial charge in [0.1, 0.15) is 0 Å². The van der Waals surface area contributed by atoms with Crippen molar-refractivity contribution in [3.05, 3.63) is 0 Å². The summed E-state index contributed by atoms with van der Waals surface area (Å²) >= 11 is 0. The van der Waals surface area contributed by atoms with Crippen molar-refractivity contribution >= 4 is 0 Å². The van der Waals surface area contributed by atoms with Crippen LogP contribution >= 0.6 is 0 Å². The highest BCUT2D eigenvalue weighted by Crippen LogP contribution is 2.49. The van der Waals surface area contributed by atoms with Crippen molar-refractivity contribution in [2.75, 3.05) is 13.2 Å². The molecule has 0 amide bonds. The molecule has 3 atom stereocenters. The Morgan fingerprint density at radius 1 is 1.46 bits per heavy atom. The molecule has 2 aliphatic rings. The van der Waals surface area contributed by atoms with Gasteiger partial charge in [-0.2, -0.15) is 0 Å². The fourth-order valence-corrected chi connectivity index (χ4v) is 3.31. The molecule has 1 spiro atoms. The molecule has 0 aromatic rings. The van der Waals surface area contributed by atoms with Gasteiger partial charge in [0.15, 0.2) is 0 Å².